The summed E-state index contributed by atoms with van der Waals surface area (Å²) >= 11 is 2.26. The summed E-state index contributed by atoms with van der Waals surface area (Å²) in [6.07, 6.45) is 10.6. The lowest BCUT2D eigenvalue weighted by molar-refractivity contribution is 0.00578. The molecular weight excluding hydrogens is 534 g/mol. The lowest BCUT2D eigenvalue weighted by Crippen LogP contribution is -2.41. The van der Waals surface area contributed by atoms with Gasteiger partial charge in [-0.3, -0.25) is 4.31 Å². The predicted molar refractivity (Wildman–Crippen MR) is 146 cm³/mol. The Bertz CT molecular complexity index is 866. The average Bonchev–Trinajstić information content (AvgIpc) is 2.97. The molecule has 0 aromatic carbocycles. The van der Waals surface area contributed by atoms with Crippen LogP contribution in [0, 0.1) is 0 Å². The maximum Gasteiger partial charge on any atom is 0.496 e. The van der Waals surface area contributed by atoms with Crippen molar-refractivity contribution in [3.8, 4) is 0 Å². The van der Waals surface area contributed by atoms with E-state index in [1.807, 2.05) is 35.6 Å². The molecule has 174 valence electrons. The number of rotatable bonds is 10. The molecule has 1 aliphatic heterocycles. The molecule has 0 amide bonds. The lowest BCUT2D eigenvalue weighted by Gasteiger charge is -2.32. The van der Waals surface area contributed by atoms with Crippen LogP contribution >= 0.6 is 30.3 Å². The van der Waals surface area contributed by atoms with Gasteiger partial charge < -0.3 is 14.0 Å². The van der Waals surface area contributed by atoms with Crippen LogP contribution in [0.2, 0.25) is 0 Å². The van der Waals surface area contributed by atoms with Gasteiger partial charge in [0.2, 0.25) is 0 Å². The van der Waals surface area contributed by atoms with E-state index in [1.54, 1.807) is 15.2 Å². The van der Waals surface area contributed by atoms with Crippen molar-refractivity contribution in [3.05, 3.63) is 66.2 Å². The zero-order chi connectivity index (χ0) is 23.9. The molecule has 32 heavy (non-hydrogen) atoms. The molecule has 1 aromatic rings. The Morgan fingerprint density at radius 3 is 2.38 bits per heavy atom. The van der Waals surface area contributed by atoms with Gasteiger partial charge in [-0.05, 0) is 65.7 Å². The van der Waals surface area contributed by atoms with Crippen LogP contribution in [0.5, 0.6) is 0 Å². The van der Waals surface area contributed by atoms with Crippen molar-refractivity contribution in [3.63, 3.8) is 0 Å². The Labute approximate surface area is 210 Å². The first-order valence-corrected chi connectivity index (χ1v) is 14.2. The van der Waals surface area contributed by atoms with E-state index in [2.05, 4.69) is 86.6 Å². The second-order valence-corrected chi connectivity index (χ2v) is 10.2. The minimum absolute atomic E-state index is 0.375. The Hall–Kier alpha value is -1.23. The first-order valence-electron chi connectivity index (χ1n) is 10.8. The number of hydrogen-bond acceptors (Lipinski definition) is 6. The smallest absolute Gasteiger partial charge is 0.493 e. The second kappa shape index (κ2) is 11.8. The molecule has 0 radical (unpaired) electrons. The number of ether oxygens (including phenoxy) is 1. The van der Waals surface area contributed by atoms with Crippen molar-refractivity contribution in [2.75, 3.05) is 10.9 Å². The molecule has 0 N–H and O–H groups in total. The van der Waals surface area contributed by atoms with Gasteiger partial charge in [0.1, 0.15) is 11.6 Å². The topological polar surface area (TPSA) is 43.8 Å². The molecule has 0 unspecified atom stereocenters. The number of hydrogen-bond donors (Lipinski definition) is 0. The maximum atomic E-state index is 6.14. The van der Waals surface area contributed by atoms with Gasteiger partial charge >= 0.3 is 7.12 Å². The second-order valence-electron chi connectivity index (χ2n) is 8.47. The van der Waals surface area contributed by atoms with Crippen LogP contribution in [-0.2, 0) is 14.0 Å². The van der Waals surface area contributed by atoms with Gasteiger partial charge in [-0.25, -0.2) is 4.98 Å². The summed E-state index contributed by atoms with van der Waals surface area (Å²) in [6.45, 7) is 18.8. The monoisotopic (exact) mass is 568 g/mol. The normalized spacial score (nSPS) is 18.6. The van der Waals surface area contributed by atoms with Crippen LogP contribution in [-0.4, -0.2) is 29.9 Å². The van der Waals surface area contributed by atoms with Gasteiger partial charge in [-0.1, -0.05) is 31.7 Å². The fraction of sp³-hybridized carbons (Fsp3) is 0.458. The van der Waals surface area contributed by atoms with Gasteiger partial charge in [0.05, 0.1) is 17.8 Å². The number of halogens is 1. The Kier molecular flexibility index (Phi) is 9.94. The summed E-state index contributed by atoms with van der Waals surface area (Å²) in [5.41, 5.74) is 2.29. The molecule has 1 aliphatic rings. The Balaban J connectivity index is 2.28. The summed E-state index contributed by atoms with van der Waals surface area (Å²) in [7, 11) is 1.14. The van der Waals surface area contributed by atoms with E-state index < -0.39 is 7.12 Å². The van der Waals surface area contributed by atoms with Crippen molar-refractivity contribution in [1.82, 2.24) is 4.98 Å². The third kappa shape index (κ3) is 6.43. The molecule has 8 heteroatoms. The highest BCUT2D eigenvalue weighted by atomic mass is 127. The highest BCUT2D eigenvalue weighted by Crippen LogP contribution is 2.36. The SMILES string of the molecule is C=C\C=C(OCC)/C(=C\CC)C(/C)=C/N(SI)c1ccc(B2OC(C)(C)C(C)(C)O2)cn1. The lowest BCUT2D eigenvalue weighted by atomic mass is 9.80. The van der Waals surface area contributed by atoms with E-state index in [0.29, 0.717) is 6.61 Å². The molecule has 1 saturated heterocycles. The fourth-order valence-corrected chi connectivity index (χ4v) is 4.47. The van der Waals surface area contributed by atoms with Gasteiger partial charge in [-0.15, -0.1) is 0 Å². The van der Waals surface area contributed by atoms with Crippen molar-refractivity contribution < 1.29 is 14.0 Å². The number of aromatic nitrogens is 1. The Morgan fingerprint density at radius 1 is 1.25 bits per heavy atom. The van der Waals surface area contributed by atoms with Gasteiger partial charge in [-0.2, -0.15) is 0 Å². The first kappa shape index (κ1) is 27.0. The number of pyridine rings is 1. The van der Waals surface area contributed by atoms with Gasteiger partial charge in [0.25, 0.3) is 0 Å². The Morgan fingerprint density at radius 2 is 1.91 bits per heavy atom. The van der Waals surface area contributed by atoms with Crippen LogP contribution in [0.3, 0.4) is 0 Å². The quantitative estimate of drug-likeness (QED) is 0.105. The zero-order valence-corrected chi connectivity index (χ0v) is 23.1. The van der Waals surface area contributed by atoms with E-state index in [1.165, 1.54) is 0 Å². The maximum absolute atomic E-state index is 6.14. The van der Waals surface area contributed by atoms with Crippen LogP contribution in [0.4, 0.5) is 5.82 Å². The van der Waals surface area contributed by atoms with Crippen molar-refractivity contribution >= 4 is 48.7 Å². The van der Waals surface area contributed by atoms with E-state index in [4.69, 9.17) is 14.0 Å². The van der Waals surface area contributed by atoms with Crippen LogP contribution < -0.4 is 9.77 Å². The standard InChI is InChI=1S/C24H34BIN2O3S/c1-9-12-20(21(13-10-2)29-11-3)18(4)17-28(32-26)22-15-14-19(16-27-22)25-30-23(5,6)24(7,8)31-25/h10,12-17H,2,9,11H2,1,3-8H3/b18-17+,20-12-,21-13+. The largest absolute Gasteiger partial charge is 0.496 e. The molecule has 2 rings (SSSR count). The number of allylic oxidation sites excluding steroid dienone is 4. The van der Waals surface area contributed by atoms with Gasteiger partial charge in [0.15, 0.2) is 0 Å². The molecular formula is C24H34BIN2O3S. The van der Waals surface area contributed by atoms with E-state index in [-0.39, 0.29) is 11.2 Å². The fourth-order valence-electron chi connectivity index (χ4n) is 3.15. The van der Waals surface area contributed by atoms with E-state index in [9.17, 15) is 0 Å². The van der Waals surface area contributed by atoms with E-state index in [0.717, 1.165) is 34.6 Å². The first-order chi connectivity index (χ1) is 15.1. The third-order valence-corrected chi connectivity index (χ3v) is 7.29. The molecule has 5 nitrogen and oxygen atoms in total. The molecule has 1 aromatic heterocycles. The van der Waals surface area contributed by atoms with Crippen LogP contribution in [0.1, 0.15) is 54.9 Å². The molecule has 0 saturated carbocycles. The summed E-state index contributed by atoms with van der Waals surface area (Å²) in [4.78, 5) is 4.68. The highest BCUT2D eigenvalue weighted by Gasteiger charge is 2.51. The van der Waals surface area contributed by atoms with E-state index >= 15 is 0 Å². The summed E-state index contributed by atoms with van der Waals surface area (Å²) < 4.78 is 20.2. The molecule has 2 heterocycles. The minimum atomic E-state index is -0.420. The average molecular weight is 568 g/mol. The van der Waals surface area contributed by atoms with Crippen LogP contribution in [0.15, 0.2) is 66.2 Å². The predicted octanol–water partition coefficient (Wildman–Crippen LogP) is 6.53. The van der Waals surface area contributed by atoms with Crippen LogP contribution in [0.25, 0.3) is 0 Å². The van der Waals surface area contributed by atoms with Gasteiger partial charge in [0, 0.05) is 53.8 Å². The molecule has 1 fully saturated rings. The summed E-state index contributed by atoms with van der Waals surface area (Å²) in [6, 6.07) is 4.00. The molecule has 0 bridgehead atoms. The van der Waals surface area contributed by atoms with Crippen molar-refractivity contribution in [1.29, 1.82) is 0 Å². The number of nitrogens with zero attached hydrogens (tertiary/aromatic N) is 2. The summed E-state index contributed by atoms with van der Waals surface area (Å²) in [5.74, 6) is 1.64. The highest BCUT2D eigenvalue weighted by molar-refractivity contribution is 14.2. The third-order valence-electron chi connectivity index (χ3n) is 5.57. The van der Waals surface area contributed by atoms with Crippen molar-refractivity contribution in [2.24, 2.45) is 0 Å². The van der Waals surface area contributed by atoms with Crippen molar-refractivity contribution in [2.45, 2.75) is 66.1 Å². The molecule has 0 atom stereocenters. The zero-order valence-electron chi connectivity index (χ0n) is 20.1. The molecule has 0 aliphatic carbocycles. The molecule has 0 spiro atoms. The number of anilines is 1. The summed E-state index contributed by atoms with van der Waals surface area (Å²) in [5, 5.41) is 0. The minimum Gasteiger partial charge on any atom is -0.493 e.